The molecule has 1 aliphatic heterocycles. The minimum atomic E-state index is -0.129. The summed E-state index contributed by atoms with van der Waals surface area (Å²) >= 11 is 1.89. The van der Waals surface area contributed by atoms with Crippen molar-refractivity contribution >= 4 is 23.6 Å². The Balaban J connectivity index is 1.89. The van der Waals surface area contributed by atoms with E-state index in [1.54, 1.807) is 0 Å². The first kappa shape index (κ1) is 11.8. The molecule has 4 nitrogen and oxygen atoms in total. The van der Waals surface area contributed by atoms with Crippen molar-refractivity contribution in [1.29, 1.82) is 0 Å². The van der Waals surface area contributed by atoms with Gasteiger partial charge in [-0.05, 0) is 36.7 Å². The van der Waals surface area contributed by atoms with Crippen molar-refractivity contribution in [2.24, 2.45) is 16.6 Å². The van der Waals surface area contributed by atoms with Crippen LogP contribution in [0, 0.1) is 5.92 Å². The van der Waals surface area contributed by atoms with Crippen molar-refractivity contribution in [3.8, 4) is 0 Å². The summed E-state index contributed by atoms with van der Waals surface area (Å²) in [5.41, 5.74) is 5.82. The molecule has 90 valence electrons. The molecule has 1 unspecified atom stereocenters. The zero-order valence-electron chi connectivity index (χ0n) is 9.69. The molecule has 2 rings (SSSR count). The third-order valence-corrected chi connectivity index (χ3v) is 4.01. The highest BCUT2D eigenvalue weighted by Gasteiger charge is 2.36. The quantitative estimate of drug-likeness (QED) is 0.720. The van der Waals surface area contributed by atoms with Gasteiger partial charge in [0, 0.05) is 6.54 Å². The van der Waals surface area contributed by atoms with Gasteiger partial charge in [-0.25, -0.2) is 4.79 Å². The van der Waals surface area contributed by atoms with Crippen LogP contribution in [0.15, 0.2) is 4.99 Å². The van der Waals surface area contributed by atoms with Crippen molar-refractivity contribution in [1.82, 2.24) is 4.90 Å². The van der Waals surface area contributed by atoms with E-state index >= 15 is 0 Å². The molecule has 0 radical (unpaired) electrons. The Morgan fingerprint density at radius 2 is 2.31 bits per heavy atom. The molecule has 0 saturated heterocycles. The molecule has 2 N–H and O–H groups in total. The van der Waals surface area contributed by atoms with E-state index in [0.717, 1.165) is 24.5 Å². The van der Waals surface area contributed by atoms with Crippen molar-refractivity contribution < 1.29 is 4.79 Å². The molecule has 0 bridgehead atoms. The number of thioether (sulfide) groups is 1. The molecule has 1 fully saturated rings. The molecule has 5 heteroatoms. The van der Waals surface area contributed by atoms with E-state index < -0.39 is 0 Å². The summed E-state index contributed by atoms with van der Waals surface area (Å²) in [6, 6.07) is -0.0666. The van der Waals surface area contributed by atoms with Gasteiger partial charge in [-0.15, -0.1) is 0 Å². The summed E-state index contributed by atoms with van der Waals surface area (Å²) in [6.45, 7) is 2.99. The molecule has 16 heavy (non-hydrogen) atoms. The van der Waals surface area contributed by atoms with E-state index in [1.807, 2.05) is 16.7 Å². The van der Waals surface area contributed by atoms with Crippen LogP contribution in [0.3, 0.4) is 0 Å². The van der Waals surface area contributed by atoms with Crippen molar-refractivity contribution in [3.63, 3.8) is 0 Å². The van der Waals surface area contributed by atoms with E-state index in [4.69, 9.17) is 5.73 Å². The molecule has 0 aromatic rings. The number of rotatable bonds is 6. The number of amidine groups is 1. The summed E-state index contributed by atoms with van der Waals surface area (Å²) in [5, 5.41) is 0. The third kappa shape index (κ3) is 2.70. The lowest BCUT2D eigenvalue weighted by atomic mass is 10.2. The van der Waals surface area contributed by atoms with Gasteiger partial charge in [-0.3, -0.25) is 0 Å². The van der Waals surface area contributed by atoms with Crippen LogP contribution in [-0.2, 0) is 0 Å². The number of hydrogen-bond donors (Lipinski definition) is 1. The second-order valence-corrected chi connectivity index (χ2v) is 5.81. The van der Waals surface area contributed by atoms with Crippen LogP contribution in [0.5, 0.6) is 0 Å². The Kier molecular flexibility index (Phi) is 3.74. The number of hydrogen-bond acceptors (Lipinski definition) is 3. The van der Waals surface area contributed by atoms with Gasteiger partial charge in [0.25, 0.3) is 0 Å². The Bertz CT molecular complexity index is 302. The van der Waals surface area contributed by atoms with Gasteiger partial charge in [0.05, 0.1) is 6.04 Å². The highest BCUT2D eigenvalue weighted by Crippen LogP contribution is 2.32. The summed E-state index contributed by atoms with van der Waals surface area (Å²) < 4.78 is 0. The van der Waals surface area contributed by atoms with Crippen molar-refractivity contribution in [2.45, 2.75) is 32.2 Å². The summed E-state index contributed by atoms with van der Waals surface area (Å²) in [4.78, 5) is 17.4. The van der Waals surface area contributed by atoms with Gasteiger partial charge in [-0.1, -0.05) is 6.92 Å². The lowest BCUT2D eigenvalue weighted by molar-refractivity contribution is 0.202. The van der Waals surface area contributed by atoms with Crippen molar-refractivity contribution in [2.75, 3.05) is 18.1 Å². The second kappa shape index (κ2) is 5.08. The highest BCUT2D eigenvalue weighted by molar-refractivity contribution is 7.99. The molecule has 1 heterocycles. The van der Waals surface area contributed by atoms with E-state index in [-0.39, 0.29) is 12.1 Å². The molecule has 0 aromatic carbocycles. The van der Waals surface area contributed by atoms with Gasteiger partial charge in [0.15, 0.2) is 0 Å². The molecule has 0 spiro atoms. The van der Waals surface area contributed by atoms with Gasteiger partial charge >= 0.3 is 6.03 Å². The molecule has 2 amide bonds. The number of amides is 2. The van der Waals surface area contributed by atoms with Crippen LogP contribution < -0.4 is 5.73 Å². The van der Waals surface area contributed by atoms with Gasteiger partial charge < -0.3 is 10.6 Å². The first-order valence-electron chi connectivity index (χ1n) is 5.94. The molecule has 1 aliphatic carbocycles. The number of carbonyl (C=O) groups excluding carboxylic acids is 1. The normalized spacial score (nSPS) is 25.1. The lowest BCUT2D eigenvalue weighted by Crippen LogP contribution is -2.41. The fourth-order valence-corrected chi connectivity index (χ4v) is 2.65. The number of urea groups is 1. The third-order valence-electron chi connectivity index (χ3n) is 3.08. The minimum Gasteiger partial charge on any atom is -0.385 e. The number of aliphatic imine (C=N–C) groups is 1. The predicted molar refractivity (Wildman–Crippen MR) is 67.9 cm³/mol. The Labute approximate surface area is 101 Å². The van der Waals surface area contributed by atoms with E-state index in [9.17, 15) is 4.79 Å². The van der Waals surface area contributed by atoms with E-state index in [2.05, 4.69) is 11.9 Å². The Hall–Kier alpha value is -0.710. The summed E-state index contributed by atoms with van der Waals surface area (Å²) in [7, 11) is 0. The van der Waals surface area contributed by atoms with Crippen LogP contribution in [0.2, 0.25) is 0 Å². The molecular weight excluding hydrogens is 222 g/mol. The monoisotopic (exact) mass is 241 g/mol. The predicted octanol–water partition coefficient (Wildman–Crippen LogP) is 1.70. The van der Waals surface area contributed by atoms with E-state index in [1.165, 1.54) is 12.8 Å². The smallest absolute Gasteiger partial charge is 0.345 e. The number of nitrogens with zero attached hydrogens (tertiary/aromatic N) is 2. The topological polar surface area (TPSA) is 58.7 Å². The van der Waals surface area contributed by atoms with Crippen LogP contribution in [0.25, 0.3) is 0 Å². The second-order valence-electron chi connectivity index (χ2n) is 4.42. The van der Waals surface area contributed by atoms with Crippen LogP contribution in [-0.4, -0.2) is 40.9 Å². The number of carbonyl (C=O) groups is 1. The molecule has 1 saturated carbocycles. The average Bonchev–Trinajstić information content (AvgIpc) is 3.01. The first-order valence-corrected chi connectivity index (χ1v) is 7.10. The Morgan fingerprint density at radius 3 is 2.94 bits per heavy atom. The summed E-state index contributed by atoms with van der Waals surface area (Å²) in [6.07, 6.45) is 3.44. The average molecular weight is 241 g/mol. The first-order chi connectivity index (χ1) is 7.72. The largest absolute Gasteiger partial charge is 0.385 e. The molecule has 2 aliphatic rings. The van der Waals surface area contributed by atoms with Crippen LogP contribution in [0.1, 0.15) is 26.2 Å². The van der Waals surface area contributed by atoms with Gasteiger partial charge in [0.2, 0.25) is 0 Å². The molecule has 0 aromatic heterocycles. The number of nitrogens with two attached hydrogens (primary N) is 1. The van der Waals surface area contributed by atoms with E-state index in [0.29, 0.717) is 11.8 Å². The molecular formula is C11H19N3OS. The standard InChI is InChI=1S/C11H19N3OS/c1-2-16-6-5-9-10(12)13-11(15)14(9)7-8-3-4-8/h8-9H,2-7H2,1H3,(H2,12,13,15). The van der Waals surface area contributed by atoms with Gasteiger partial charge in [-0.2, -0.15) is 16.8 Å². The fraction of sp³-hybridized carbons (Fsp3) is 0.818. The van der Waals surface area contributed by atoms with Gasteiger partial charge in [0.1, 0.15) is 5.84 Å². The SMILES string of the molecule is CCSCCC1C(N)=NC(=O)N1CC1CC1. The Morgan fingerprint density at radius 1 is 1.56 bits per heavy atom. The highest BCUT2D eigenvalue weighted by atomic mass is 32.2. The maximum absolute atomic E-state index is 11.6. The maximum atomic E-state index is 11.6. The van der Waals surface area contributed by atoms with Crippen molar-refractivity contribution in [3.05, 3.63) is 0 Å². The molecule has 1 atom stereocenters. The van der Waals surface area contributed by atoms with Crippen LogP contribution in [0.4, 0.5) is 4.79 Å². The maximum Gasteiger partial charge on any atom is 0.345 e. The van der Waals surface area contributed by atoms with Crippen LogP contribution >= 0.6 is 11.8 Å². The summed E-state index contributed by atoms with van der Waals surface area (Å²) in [5.74, 6) is 3.38. The minimum absolute atomic E-state index is 0.0622. The lowest BCUT2D eigenvalue weighted by Gasteiger charge is -2.23. The zero-order valence-corrected chi connectivity index (χ0v) is 10.5. The zero-order chi connectivity index (χ0) is 11.5. The fourth-order valence-electron chi connectivity index (χ4n) is 1.97.